The molecule has 0 saturated carbocycles. The monoisotopic (exact) mass is 289 g/mol. The van der Waals surface area contributed by atoms with E-state index in [9.17, 15) is 0 Å². The van der Waals surface area contributed by atoms with Crippen molar-refractivity contribution in [1.82, 2.24) is 15.5 Å². The summed E-state index contributed by atoms with van der Waals surface area (Å²) in [5.74, 6) is 1.53. The van der Waals surface area contributed by atoms with Gasteiger partial charge in [-0.2, -0.15) is 4.98 Å². The van der Waals surface area contributed by atoms with Gasteiger partial charge in [-0.1, -0.05) is 11.6 Å². The lowest BCUT2D eigenvalue weighted by atomic mass is 9.99. The van der Waals surface area contributed by atoms with Crippen molar-refractivity contribution >= 4 is 11.3 Å². The molecule has 106 valence electrons. The van der Waals surface area contributed by atoms with Crippen molar-refractivity contribution in [3.8, 4) is 10.8 Å². The van der Waals surface area contributed by atoms with Crippen LogP contribution < -0.4 is 5.32 Å². The number of aryl methyl sites for hydroxylation is 2. The molecule has 1 saturated heterocycles. The topological polar surface area (TPSA) is 51.0 Å². The molecule has 3 heterocycles. The van der Waals surface area contributed by atoms with Crippen LogP contribution in [0.15, 0.2) is 10.6 Å². The Morgan fingerprint density at radius 1 is 1.20 bits per heavy atom. The van der Waals surface area contributed by atoms with Crippen LogP contribution in [-0.4, -0.2) is 16.7 Å². The number of nitrogens with one attached hydrogen (secondary N) is 1. The molecule has 1 aliphatic carbocycles. The van der Waals surface area contributed by atoms with E-state index < -0.39 is 0 Å². The van der Waals surface area contributed by atoms with E-state index in [4.69, 9.17) is 4.52 Å². The summed E-state index contributed by atoms with van der Waals surface area (Å²) in [7, 11) is 0. The molecule has 1 N–H and O–H groups in total. The van der Waals surface area contributed by atoms with Gasteiger partial charge in [-0.15, -0.1) is 11.3 Å². The fraction of sp³-hybridized carbons (Fsp3) is 0.600. The molecule has 2 aliphatic rings. The third-order valence-corrected chi connectivity index (χ3v) is 5.50. The predicted molar refractivity (Wildman–Crippen MR) is 78.8 cm³/mol. The van der Waals surface area contributed by atoms with E-state index >= 15 is 0 Å². The second kappa shape index (κ2) is 5.30. The first kappa shape index (κ1) is 12.5. The molecule has 0 bridgehead atoms. The molecular formula is C15H19N3OS. The molecule has 1 atom stereocenters. The minimum absolute atomic E-state index is 0.274. The molecule has 0 aromatic carbocycles. The molecule has 4 rings (SSSR count). The van der Waals surface area contributed by atoms with Gasteiger partial charge in [-0.3, -0.25) is 0 Å². The number of nitrogens with zero attached hydrogens (tertiary/aromatic N) is 2. The summed E-state index contributed by atoms with van der Waals surface area (Å²) in [6.07, 6.45) is 8.65. The summed E-state index contributed by atoms with van der Waals surface area (Å²) in [5.41, 5.74) is 1.49. The zero-order chi connectivity index (χ0) is 13.4. The average Bonchev–Trinajstić information content (AvgIpc) is 3.14. The molecule has 0 amide bonds. The number of aromatic nitrogens is 2. The molecule has 5 heteroatoms. The highest BCUT2D eigenvalue weighted by Crippen LogP contribution is 2.35. The Morgan fingerprint density at radius 2 is 2.15 bits per heavy atom. The number of rotatable bonds is 2. The summed E-state index contributed by atoms with van der Waals surface area (Å²) in [5, 5.41) is 7.65. The molecule has 4 nitrogen and oxygen atoms in total. The number of hydrogen-bond acceptors (Lipinski definition) is 5. The van der Waals surface area contributed by atoms with E-state index in [2.05, 4.69) is 21.5 Å². The summed E-state index contributed by atoms with van der Waals surface area (Å²) in [6, 6.07) is 2.53. The lowest BCUT2D eigenvalue weighted by Crippen LogP contribution is -2.27. The second-order valence-electron chi connectivity index (χ2n) is 5.73. The van der Waals surface area contributed by atoms with Crippen molar-refractivity contribution in [3.05, 3.63) is 22.3 Å². The van der Waals surface area contributed by atoms with Crippen LogP contribution in [0.25, 0.3) is 10.8 Å². The zero-order valence-corrected chi connectivity index (χ0v) is 12.3. The second-order valence-corrected chi connectivity index (χ2v) is 6.86. The van der Waals surface area contributed by atoms with Gasteiger partial charge in [0.15, 0.2) is 5.82 Å². The maximum atomic E-state index is 5.49. The van der Waals surface area contributed by atoms with Crippen LogP contribution in [0.3, 0.4) is 0 Å². The van der Waals surface area contributed by atoms with Crippen LogP contribution in [0.4, 0.5) is 0 Å². The van der Waals surface area contributed by atoms with Crippen LogP contribution in [0.5, 0.6) is 0 Å². The van der Waals surface area contributed by atoms with Crippen LogP contribution in [0, 0.1) is 0 Å². The first-order chi connectivity index (χ1) is 9.90. The molecule has 1 unspecified atom stereocenters. The Morgan fingerprint density at radius 3 is 3.00 bits per heavy atom. The number of thiophene rings is 1. The standard InChI is InChI=1S/C15H19N3OS/c1-2-7-12-10(5-1)9-13(20-12)15-17-14(18-19-15)11-6-3-4-8-16-11/h9,11,16H,1-8H2. The summed E-state index contributed by atoms with van der Waals surface area (Å²) in [6.45, 7) is 1.06. The Hall–Kier alpha value is -1.20. The van der Waals surface area contributed by atoms with Gasteiger partial charge in [0, 0.05) is 4.88 Å². The lowest BCUT2D eigenvalue weighted by molar-refractivity contribution is 0.367. The van der Waals surface area contributed by atoms with E-state index in [1.54, 1.807) is 0 Å². The number of hydrogen-bond donors (Lipinski definition) is 1. The first-order valence-corrected chi connectivity index (χ1v) is 8.41. The van der Waals surface area contributed by atoms with Crippen LogP contribution in [-0.2, 0) is 12.8 Å². The van der Waals surface area contributed by atoms with E-state index in [-0.39, 0.29) is 6.04 Å². The molecular weight excluding hydrogens is 270 g/mol. The summed E-state index contributed by atoms with van der Waals surface area (Å²) >= 11 is 1.83. The van der Waals surface area contributed by atoms with Gasteiger partial charge in [0.2, 0.25) is 0 Å². The van der Waals surface area contributed by atoms with E-state index in [0.29, 0.717) is 5.89 Å². The maximum absolute atomic E-state index is 5.49. The minimum atomic E-state index is 0.274. The quantitative estimate of drug-likeness (QED) is 0.919. The Bertz CT molecular complexity index is 575. The largest absolute Gasteiger partial charge is 0.333 e. The molecule has 2 aromatic rings. The van der Waals surface area contributed by atoms with Crippen molar-refractivity contribution in [2.24, 2.45) is 0 Å². The molecule has 1 fully saturated rings. The van der Waals surface area contributed by atoms with Gasteiger partial charge < -0.3 is 9.84 Å². The van der Waals surface area contributed by atoms with Gasteiger partial charge >= 0.3 is 0 Å². The van der Waals surface area contributed by atoms with Crippen molar-refractivity contribution in [3.63, 3.8) is 0 Å². The van der Waals surface area contributed by atoms with Crippen molar-refractivity contribution < 1.29 is 4.52 Å². The highest BCUT2D eigenvalue weighted by Gasteiger charge is 2.22. The average molecular weight is 289 g/mol. The van der Waals surface area contributed by atoms with Gasteiger partial charge in [0.25, 0.3) is 5.89 Å². The minimum Gasteiger partial charge on any atom is -0.333 e. The summed E-state index contributed by atoms with van der Waals surface area (Å²) in [4.78, 5) is 7.28. The normalized spacial score (nSPS) is 22.7. The summed E-state index contributed by atoms with van der Waals surface area (Å²) < 4.78 is 5.49. The van der Waals surface area contributed by atoms with Crippen molar-refractivity contribution in [2.75, 3.05) is 6.54 Å². The van der Waals surface area contributed by atoms with Crippen molar-refractivity contribution in [2.45, 2.75) is 51.0 Å². The molecule has 20 heavy (non-hydrogen) atoms. The number of fused-ring (bicyclic) bond motifs is 1. The Kier molecular flexibility index (Phi) is 3.32. The molecule has 1 aliphatic heterocycles. The Labute approximate surface area is 122 Å². The van der Waals surface area contributed by atoms with Crippen molar-refractivity contribution in [1.29, 1.82) is 0 Å². The third kappa shape index (κ3) is 2.29. The van der Waals surface area contributed by atoms with Crippen LogP contribution >= 0.6 is 11.3 Å². The fourth-order valence-electron chi connectivity index (χ4n) is 3.14. The van der Waals surface area contributed by atoms with E-state index in [1.165, 1.54) is 49.0 Å². The number of piperidine rings is 1. The van der Waals surface area contributed by atoms with E-state index in [1.807, 2.05) is 11.3 Å². The first-order valence-electron chi connectivity index (χ1n) is 7.59. The van der Waals surface area contributed by atoms with Crippen LogP contribution in [0.2, 0.25) is 0 Å². The zero-order valence-electron chi connectivity index (χ0n) is 11.5. The molecule has 0 radical (unpaired) electrons. The Balaban J connectivity index is 1.59. The molecule has 2 aromatic heterocycles. The molecule has 0 spiro atoms. The lowest BCUT2D eigenvalue weighted by Gasteiger charge is -2.19. The maximum Gasteiger partial charge on any atom is 0.268 e. The van der Waals surface area contributed by atoms with Gasteiger partial charge in [0.1, 0.15) is 0 Å². The smallest absolute Gasteiger partial charge is 0.268 e. The highest BCUT2D eigenvalue weighted by atomic mass is 32.1. The van der Waals surface area contributed by atoms with Crippen LogP contribution in [0.1, 0.15) is 54.4 Å². The highest BCUT2D eigenvalue weighted by molar-refractivity contribution is 7.15. The van der Waals surface area contributed by atoms with Gasteiger partial charge in [-0.25, -0.2) is 0 Å². The fourth-order valence-corrected chi connectivity index (χ4v) is 4.32. The SMILES string of the molecule is c1c(-c2nc(C3CCCCN3)no2)sc2c1CCCC2. The predicted octanol–water partition coefficient (Wildman–Crippen LogP) is 3.49. The third-order valence-electron chi connectivity index (χ3n) is 4.27. The van der Waals surface area contributed by atoms with E-state index in [0.717, 1.165) is 23.7 Å². The van der Waals surface area contributed by atoms with Gasteiger partial charge in [0.05, 0.1) is 10.9 Å². The van der Waals surface area contributed by atoms with Gasteiger partial charge in [-0.05, 0) is 56.7 Å².